The largest absolute Gasteiger partial charge is 0.495 e. The number of aromatic nitrogens is 2. The molecular weight excluding hydrogens is 412 g/mol. The Morgan fingerprint density at radius 1 is 1.06 bits per heavy atom. The van der Waals surface area contributed by atoms with Crippen LogP contribution in [0.4, 0.5) is 11.5 Å². The third-order valence-electron chi connectivity index (χ3n) is 4.83. The molecule has 0 bridgehead atoms. The summed E-state index contributed by atoms with van der Waals surface area (Å²) in [6.07, 6.45) is 0. The van der Waals surface area contributed by atoms with E-state index in [9.17, 15) is 4.79 Å². The maximum absolute atomic E-state index is 12.6. The summed E-state index contributed by atoms with van der Waals surface area (Å²) >= 11 is 6.12. The first kappa shape index (κ1) is 20.5. The van der Waals surface area contributed by atoms with Crippen LogP contribution < -0.4 is 15.8 Å². The highest BCUT2D eigenvalue weighted by molar-refractivity contribution is 6.32. The molecule has 0 saturated carbocycles. The number of benzene rings is 3. The molecule has 0 aliphatic heterocycles. The summed E-state index contributed by atoms with van der Waals surface area (Å²) in [5.41, 5.74) is 11.0. The second-order valence-corrected chi connectivity index (χ2v) is 7.49. The lowest BCUT2D eigenvalue weighted by atomic mass is 10.1. The van der Waals surface area contributed by atoms with E-state index < -0.39 is 0 Å². The Morgan fingerprint density at radius 3 is 2.52 bits per heavy atom. The fraction of sp³-hybridized carbons (Fsp3) is 0.0833. The zero-order valence-corrected chi connectivity index (χ0v) is 17.9. The van der Waals surface area contributed by atoms with Crippen molar-refractivity contribution in [2.45, 2.75) is 6.92 Å². The van der Waals surface area contributed by atoms with Gasteiger partial charge in [0.1, 0.15) is 11.6 Å². The molecule has 1 heterocycles. The summed E-state index contributed by atoms with van der Waals surface area (Å²) in [7, 11) is 1.54. The smallest absolute Gasteiger partial charge is 0.255 e. The molecule has 0 atom stereocenters. The molecule has 0 spiro atoms. The third-order valence-corrected chi connectivity index (χ3v) is 5.13. The maximum Gasteiger partial charge on any atom is 0.255 e. The fourth-order valence-corrected chi connectivity index (χ4v) is 3.51. The van der Waals surface area contributed by atoms with Crippen LogP contribution in [0.1, 0.15) is 15.9 Å². The van der Waals surface area contributed by atoms with E-state index in [4.69, 9.17) is 22.1 Å². The predicted molar refractivity (Wildman–Crippen MR) is 124 cm³/mol. The normalized spacial score (nSPS) is 10.7. The van der Waals surface area contributed by atoms with Crippen LogP contribution in [0.15, 0.2) is 72.8 Å². The summed E-state index contributed by atoms with van der Waals surface area (Å²) in [6, 6.07) is 22.1. The average molecular weight is 433 g/mol. The molecule has 4 rings (SSSR count). The summed E-state index contributed by atoms with van der Waals surface area (Å²) < 4.78 is 6.78. The quantitative estimate of drug-likeness (QED) is 0.445. The number of carbonyl (C=O) groups excluding carboxylic acids is 1. The van der Waals surface area contributed by atoms with Crippen LogP contribution in [0.25, 0.3) is 16.9 Å². The molecule has 7 heteroatoms. The summed E-state index contributed by atoms with van der Waals surface area (Å²) in [6.45, 7) is 2.04. The van der Waals surface area contributed by atoms with E-state index in [0.29, 0.717) is 27.8 Å². The number of nitrogen functional groups attached to an aromatic ring is 1. The van der Waals surface area contributed by atoms with Gasteiger partial charge in [-0.25, -0.2) is 4.68 Å². The molecule has 4 aromatic rings. The Balaban J connectivity index is 1.53. The number of hydrogen-bond acceptors (Lipinski definition) is 4. The van der Waals surface area contributed by atoms with E-state index in [1.165, 1.54) is 7.11 Å². The second kappa shape index (κ2) is 8.53. The van der Waals surface area contributed by atoms with Gasteiger partial charge in [-0.3, -0.25) is 4.79 Å². The van der Waals surface area contributed by atoms with Crippen LogP contribution in [0.5, 0.6) is 5.75 Å². The number of nitrogens with two attached hydrogens (primary N) is 1. The molecule has 0 saturated heterocycles. The maximum atomic E-state index is 12.6. The molecule has 1 amide bonds. The van der Waals surface area contributed by atoms with Gasteiger partial charge in [-0.15, -0.1) is 0 Å². The summed E-state index contributed by atoms with van der Waals surface area (Å²) in [4.78, 5) is 12.6. The number of hydrogen-bond donors (Lipinski definition) is 2. The Labute approximate surface area is 185 Å². The van der Waals surface area contributed by atoms with Gasteiger partial charge in [0.05, 0.1) is 23.5 Å². The number of anilines is 2. The second-order valence-electron chi connectivity index (χ2n) is 7.09. The molecule has 0 fully saturated rings. The first-order valence-corrected chi connectivity index (χ1v) is 10.0. The molecule has 6 nitrogen and oxygen atoms in total. The molecule has 3 N–H and O–H groups in total. The van der Waals surface area contributed by atoms with Crippen molar-refractivity contribution in [3.63, 3.8) is 0 Å². The van der Waals surface area contributed by atoms with Crippen molar-refractivity contribution >= 4 is 29.0 Å². The van der Waals surface area contributed by atoms with Crippen molar-refractivity contribution in [1.82, 2.24) is 9.78 Å². The lowest BCUT2D eigenvalue weighted by Crippen LogP contribution is -2.12. The molecule has 0 aliphatic rings. The molecular formula is C24H21ClN4O2. The number of aryl methyl sites for hydroxylation is 1. The molecule has 0 aliphatic carbocycles. The first-order chi connectivity index (χ1) is 14.9. The average Bonchev–Trinajstić information content (AvgIpc) is 3.16. The highest BCUT2D eigenvalue weighted by atomic mass is 35.5. The van der Waals surface area contributed by atoms with Gasteiger partial charge in [-0.2, -0.15) is 5.10 Å². The Kier molecular flexibility index (Phi) is 5.64. The summed E-state index contributed by atoms with van der Waals surface area (Å²) in [5, 5.41) is 7.88. The van der Waals surface area contributed by atoms with Crippen LogP contribution in [0, 0.1) is 6.92 Å². The van der Waals surface area contributed by atoms with E-state index >= 15 is 0 Å². The van der Waals surface area contributed by atoms with E-state index in [1.807, 2.05) is 31.2 Å². The predicted octanol–water partition coefficient (Wildman–Crippen LogP) is 5.34. The van der Waals surface area contributed by atoms with E-state index in [-0.39, 0.29) is 5.91 Å². The van der Waals surface area contributed by atoms with Crippen molar-refractivity contribution in [2.75, 3.05) is 18.2 Å². The van der Waals surface area contributed by atoms with Gasteiger partial charge in [0.25, 0.3) is 5.91 Å². The highest BCUT2D eigenvalue weighted by Gasteiger charge is 2.12. The molecule has 3 aromatic carbocycles. The number of halogens is 1. The lowest BCUT2D eigenvalue weighted by molar-refractivity contribution is 0.102. The summed E-state index contributed by atoms with van der Waals surface area (Å²) in [5.74, 6) is 0.814. The molecule has 156 valence electrons. The minimum Gasteiger partial charge on any atom is -0.495 e. The number of nitrogens with zero attached hydrogens (tertiary/aromatic N) is 2. The minimum absolute atomic E-state index is 0.248. The van der Waals surface area contributed by atoms with Crippen molar-refractivity contribution in [3.8, 4) is 22.7 Å². The zero-order chi connectivity index (χ0) is 22.0. The van der Waals surface area contributed by atoms with Gasteiger partial charge in [0.15, 0.2) is 0 Å². The number of ether oxygens (including phenoxy) is 1. The molecule has 0 radical (unpaired) electrons. The minimum atomic E-state index is -0.248. The topological polar surface area (TPSA) is 82.2 Å². The molecule has 1 aromatic heterocycles. The van der Waals surface area contributed by atoms with Gasteiger partial charge in [0, 0.05) is 22.9 Å². The van der Waals surface area contributed by atoms with E-state index in [2.05, 4.69) is 16.5 Å². The van der Waals surface area contributed by atoms with Crippen molar-refractivity contribution in [2.24, 2.45) is 0 Å². The van der Waals surface area contributed by atoms with Gasteiger partial charge in [0.2, 0.25) is 0 Å². The third kappa shape index (κ3) is 4.39. The number of carbonyl (C=O) groups is 1. The number of amides is 1. The van der Waals surface area contributed by atoms with Crippen molar-refractivity contribution < 1.29 is 9.53 Å². The Morgan fingerprint density at radius 2 is 1.84 bits per heavy atom. The van der Waals surface area contributed by atoms with Crippen molar-refractivity contribution in [1.29, 1.82) is 0 Å². The number of rotatable bonds is 5. The SMILES string of the molecule is COc1ccc(NC(=O)c2ccc(-n3nc(-c4cccc(C)c4)cc3N)cc2)cc1Cl. The fourth-order valence-electron chi connectivity index (χ4n) is 3.25. The van der Waals surface area contributed by atoms with Gasteiger partial charge >= 0.3 is 0 Å². The Bertz CT molecular complexity index is 1250. The van der Waals surface area contributed by atoms with Crippen LogP contribution in [-0.4, -0.2) is 22.8 Å². The van der Waals surface area contributed by atoms with Crippen LogP contribution >= 0.6 is 11.6 Å². The van der Waals surface area contributed by atoms with E-state index in [1.54, 1.807) is 47.1 Å². The standard InChI is InChI=1S/C24H21ClN4O2/c1-15-4-3-5-17(12-15)21-14-23(26)29(28-21)19-9-6-16(7-10-19)24(30)27-18-8-11-22(31-2)20(25)13-18/h3-14H,26H2,1-2H3,(H,27,30). The number of nitrogens with one attached hydrogen (secondary N) is 1. The Hall–Kier alpha value is -3.77. The van der Waals surface area contributed by atoms with Crippen molar-refractivity contribution in [3.05, 3.63) is 88.9 Å². The molecule has 0 unspecified atom stereocenters. The lowest BCUT2D eigenvalue weighted by Gasteiger charge is -2.09. The van der Waals surface area contributed by atoms with Crippen LogP contribution in [-0.2, 0) is 0 Å². The first-order valence-electron chi connectivity index (χ1n) is 9.62. The van der Waals surface area contributed by atoms with Crippen LogP contribution in [0.3, 0.4) is 0 Å². The monoisotopic (exact) mass is 432 g/mol. The van der Waals surface area contributed by atoms with Gasteiger partial charge in [-0.1, -0.05) is 35.4 Å². The zero-order valence-electron chi connectivity index (χ0n) is 17.1. The molecule has 31 heavy (non-hydrogen) atoms. The highest BCUT2D eigenvalue weighted by Crippen LogP contribution is 2.28. The number of methoxy groups -OCH3 is 1. The van der Waals surface area contributed by atoms with Gasteiger partial charge in [-0.05, 0) is 55.5 Å². The van der Waals surface area contributed by atoms with E-state index in [0.717, 1.165) is 22.5 Å². The van der Waals surface area contributed by atoms with Crippen LogP contribution in [0.2, 0.25) is 5.02 Å². The van der Waals surface area contributed by atoms with Gasteiger partial charge < -0.3 is 15.8 Å².